The molecule has 0 fully saturated rings. The van der Waals surface area contributed by atoms with Crippen molar-refractivity contribution in [1.29, 1.82) is 0 Å². The smallest absolute Gasteiger partial charge is 0.224 e. The summed E-state index contributed by atoms with van der Waals surface area (Å²) in [5, 5.41) is 2.83. The van der Waals surface area contributed by atoms with E-state index in [1.54, 1.807) is 6.07 Å². The van der Waals surface area contributed by atoms with Crippen LogP contribution < -0.4 is 11.1 Å². The minimum atomic E-state index is 0.00818. The van der Waals surface area contributed by atoms with Gasteiger partial charge in [-0.25, -0.2) is 0 Å². The van der Waals surface area contributed by atoms with Crippen molar-refractivity contribution in [2.75, 3.05) is 11.1 Å². The third-order valence-electron chi connectivity index (χ3n) is 2.95. The fourth-order valence-corrected chi connectivity index (χ4v) is 1.92. The van der Waals surface area contributed by atoms with Gasteiger partial charge in [0.05, 0.1) is 11.4 Å². The van der Waals surface area contributed by atoms with Crippen LogP contribution in [0.2, 0.25) is 0 Å². The van der Waals surface area contributed by atoms with E-state index in [1.165, 1.54) is 5.56 Å². The lowest BCUT2D eigenvalue weighted by Crippen LogP contribution is -2.12. The Morgan fingerprint density at radius 3 is 2.42 bits per heavy atom. The van der Waals surface area contributed by atoms with Crippen LogP contribution in [-0.2, 0) is 11.2 Å². The minimum absolute atomic E-state index is 0.00818. The summed E-state index contributed by atoms with van der Waals surface area (Å²) >= 11 is 0. The highest BCUT2D eigenvalue weighted by Gasteiger charge is 2.04. The van der Waals surface area contributed by atoms with E-state index >= 15 is 0 Å². The number of anilines is 2. The summed E-state index contributed by atoms with van der Waals surface area (Å²) in [6.45, 7) is 0. The maximum absolute atomic E-state index is 11.8. The van der Waals surface area contributed by atoms with E-state index < -0.39 is 0 Å². The first-order valence-corrected chi connectivity index (χ1v) is 6.44. The summed E-state index contributed by atoms with van der Waals surface area (Å²) in [5.74, 6) is 0.00818. The Morgan fingerprint density at radius 1 is 1.00 bits per heavy atom. The first-order valence-electron chi connectivity index (χ1n) is 6.44. The van der Waals surface area contributed by atoms with Gasteiger partial charge in [0.25, 0.3) is 0 Å². The van der Waals surface area contributed by atoms with E-state index in [0.29, 0.717) is 17.8 Å². The number of benzene rings is 2. The number of nitrogens with two attached hydrogens (primary N) is 1. The molecule has 0 saturated heterocycles. The van der Waals surface area contributed by atoms with Crippen molar-refractivity contribution in [1.82, 2.24) is 0 Å². The van der Waals surface area contributed by atoms with Crippen molar-refractivity contribution in [3.05, 3.63) is 60.2 Å². The number of hydrogen-bond donors (Lipinski definition) is 2. The second-order valence-corrected chi connectivity index (χ2v) is 4.47. The Morgan fingerprint density at radius 2 is 1.68 bits per heavy atom. The van der Waals surface area contributed by atoms with Crippen molar-refractivity contribution in [3.8, 4) is 0 Å². The third-order valence-corrected chi connectivity index (χ3v) is 2.95. The second-order valence-electron chi connectivity index (χ2n) is 4.47. The number of carbonyl (C=O) groups is 1. The normalized spacial score (nSPS) is 10.1. The van der Waals surface area contributed by atoms with Crippen molar-refractivity contribution < 1.29 is 4.79 Å². The van der Waals surface area contributed by atoms with Crippen LogP contribution in [0.5, 0.6) is 0 Å². The lowest BCUT2D eigenvalue weighted by Gasteiger charge is -2.07. The molecular weight excluding hydrogens is 236 g/mol. The van der Waals surface area contributed by atoms with Crippen LogP contribution in [0.4, 0.5) is 11.4 Å². The highest BCUT2D eigenvalue weighted by molar-refractivity contribution is 5.93. The van der Waals surface area contributed by atoms with Gasteiger partial charge in [-0.15, -0.1) is 0 Å². The average Bonchev–Trinajstić information content (AvgIpc) is 2.43. The van der Waals surface area contributed by atoms with E-state index in [0.717, 1.165) is 12.8 Å². The lowest BCUT2D eigenvalue weighted by atomic mass is 10.1. The molecule has 1 amide bonds. The number of carbonyl (C=O) groups excluding carboxylic acids is 1. The van der Waals surface area contributed by atoms with Crippen LogP contribution in [0.3, 0.4) is 0 Å². The zero-order valence-electron chi connectivity index (χ0n) is 10.8. The molecule has 98 valence electrons. The van der Waals surface area contributed by atoms with Gasteiger partial charge in [0, 0.05) is 6.42 Å². The summed E-state index contributed by atoms with van der Waals surface area (Å²) in [6, 6.07) is 17.5. The van der Waals surface area contributed by atoms with Crippen molar-refractivity contribution in [3.63, 3.8) is 0 Å². The van der Waals surface area contributed by atoms with E-state index in [2.05, 4.69) is 17.4 Å². The second kappa shape index (κ2) is 6.59. The van der Waals surface area contributed by atoms with Crippen LogP contribution in [-0.4, -0.2) is 5.91 Å². The van der Waals surface area contributed by atoms with Crippen molar-refractivity contribution in [2.45, 2.75) is 19.3 Å². The van der Waals surface area contributed by atoms with Gasteiger partial charge in [0.2, 0.25) is 5.91 Å². The van der Waals surface area contributed by atoms with Crippen LogP contribution >= 0.6 is 0 Å². The highest BCUT2D eigenvalue weighted by Crippen LogP contribution is 2.17. The first-order chi connectivity index (χ1) is 9.25. The van der Waals surface area contributed by atoms with Crippen molar-refractivity contribution >= 4 is 17.3 Å². The predicted molar refractivity (Wildman–Crippen MR) is 78.9 cm³/mol. The molecule has 3 N–H and O–H groups in total. The Bertz CT molecular complexity index is 537. The molecule has 3 heteroatoms. The molecule has 0 unspecified atom stereocenters. The quantitative estimate of drug-likeness (QED) is 0.805. The van der Waals surface area contributed by atoms with Crippen LogP contribution in [0, 0.1) is 0 Å². The molecule has 0 aliphatic rings. The molecule has 0 spiro atoms. The molecule has 2 aromatic carbocycles. The predicted octanol–water partition coefficient (Wildman–Crippen LogP) is 3.23. The molecule has 0 aliphatic heterocycles. The molecule has 0 atom stereocenters. The Labute approximate surface area is 113 Å². The molecule has 0 bridgehead atoms. The summed E-state index contributed by atoms with van der Waals surface area (Å²) in [6.07, 6.45) is 2.25. The van der Waals surface area contributed by atoms with E-state index in [4.69, 9.17) is 5.73 Å². The fraction of sp³-hybridized carbons (Fsp3) is 0.188. The average molecular weight is 254 g/mol. The maximum atomic E-state index is 11.8. The van der Waals surface area contributed by atoms with Gasteiger partial charge in [-0.05, 0) is 30.5 Å². The Balaban J connectivity index is 1.78. The molecular formula is C16H18N2O. The van der Waals surface area contributed by atoms with Gasteiger partial charge < -0.3 is 11.1 Å². The number of amides is 1. The number of hydrogen-bond acceptors (Lipinski definition) is 2. The largest absolute Gasteiger partial charge is 0.397 e. The van der Waals surface area contributed by atoms with Crippen LogP contribution in [0.15, 0.2) is 54.6 Å². The summed E-state index contributed by atoms with van der Waals surface area (Å²) in [5.41, 5.74) is 8.32. The highest BCUT2D eigenvalue weighted by atomic mass is 16.1. The number of nitrogen functional groups attached to an aromatic ring is 1. The Hall–Kier alpha value is -2.29. The van der Waals surface area contributed by atoms with Gasteiger partial charge in [-0.3, -0.25) is 4.79 Å². The van der Waals surface area contributed by atoms with Gasteiger partial charge >= 0.3 is 0 Å². The Kier molecular flexibility index (Phi) is 4.56. The molecule has 3 nitrogen and oxygen atoms in total. The molecule has 19 heavy (non-hydrogen) atoms. The molecule has 0 radical (unpaired) electrons. The van der Waals surface area contributed by atoms with E-state index in [9.17, 15) is 4.79 Å². The zero-order chi connectivity index (χ0) is 13.5. The third kappa shape index (κ3) is 4.14. The number of aryl methyl sites for hydroxylation is 1. The molecule has 0 heterocycles. The molecule has 0 aromatic heterocycles. The minimum Gasteiger partial charge on any atom is -0.397 e. The lowest BCUT2D eigenvalue weighted by molar-refractivity contribution is -0.116. The molecule has 2 aromatic rings. The van der Waals surface area contributed by atoms with E-state index in [-0.39, 0.29) is 5.91 Å². The van der Waals surface area contributed by atoms with Gasteiger partial charge in [0.1, 0.15) is 0 Å². The van der Waals surface area contributed by atoms with E-state index in [1.807, 2.05) is 36.4 Å². The summed E-state index contributed by atoms with van der Waals surface area (Å²) in [4.78, 5) is 11.8. The van der Waals surface area contributed by atoms with Crippen LogP contribution in [0.1, 0.15) is 18.4 Å². The standard InChI is InChI=1S/C16H18N2O/c17-14-10-4-5-11-15(14)18-16(19)12-6-9-13-7-2-1-3-8-13/h1-5,7-8,10-11H,6,9,12,17H2,(H,18,19). The fourth-order valence-electron chi connectivity index (χ4n) is 1.92. The monoisotopic (exact) mass is 254 g/mol. The zero-order valence-corrected chi connectivity index (χ0v) is 10.8. The molecule has 2 rings (SSSR count). The van der Waals surface area contributed by atoms with Gasteiger partial charge in [-0.2, -0.15) is 0 Å². The number of para-hydroxylation sites is 2. The number of rotatable bonds is 5. The van der Waals surface area contributed by atoms with Crippen molar-refractivity contribution in [2.24, 2.45) is 0 Å². The SMILES string of the molecule is Nc1ccccc1NC(=O)CCCc1ccccc1. The van der Waals surface area contributed by atoms with Crippen LogP contribution in [0.25, 0.3) is 0 Å². The topological polar surface area (TPSA) is 55.1 Å². The first kappa shape index (κ1) is 13.1. The van der Waals surface area contributed by atoms with Gasteiger partial charge in [-0.1, -0.05) is 42.5 Å². The maximum Gasteiger partial charge on any atom is 0.224 e. The molecule has 0 aliphatic carbocycles. The summed E-state index contributed by atoms with van der Waals surface area (Å²) in [7, 11) is 0. The molecule has 0 saturated carbocycles. The summed E-state index contributed by atoms with van der Waals surface area (Å²) < 4.78 is 0. The van der Waals surface area contributed by atoms with Gasteiger partial charge in [0.15, 0.2) is 0 Å². The number of nitrogens with one attached hydrogen (secondary N) is 1.